The molecular weight excluding hydrogens is 196 g/mol. The van der Waals surface area contributed by atoms with E-state index in [9.17, 15) is 4.79 Å². The van der Waals surface area contributed by atoms with Crippen molar-refractivity contribution in [2.24, 2.45) is 5.92 Å². The van der Waals surface area contributed by atoms with Crippen LogP contribution >= 0.6 is 12.6 Å². The smallest absolute Gasteiger partial charge is 0.318 e. The molecule has 0 spiro atoms. The zero-order valence-electron chi connectivity index (χ0n) is 9.45. The number of hydrogen-bond acceptors (Lipinski definition) is 3. The Labute approximate surface area is 92.8 Å². The molecule has 0 rings (SSSR count). The Bertz CT molecular complexity index is 157. The van der Waals surface area contributed by atoms with Gasteiger partial charge in [0.15, 0.2) is 0 Å². The lowest BCUT2D eigenvalue weighted by molar-refractivity contribution is -0.144. The molecule has 0 aliphatic heterocycles. The fourth-order valence-electron chi connectivity index (χ4n) is 1.22. The SMILES string of the molecule is CCCCC(CC)COC(=O)[C@H](C)S. The number of rotatable bonds is 7. The highest BCUT2D eigenvalue weighted by molar-refractivity contribution is 7.81. The van der Waals surface area contributed by atoms with Crippen LogP contribution in [-0.4, -0.2) is 17.8 Å². The second-order valence-corrected chi connectivity index (χ2v) is 4.50. The lowest BCUT2D eigenvalue weighted by atomic mass is 10.0. The Morgan fingerprint density at radius 2 is 2.07 bits per heavy atom. The molecular formula is C11H22O2S. The van der Waals surface area contributed by atoms with Gasteiger partial charge in [-0.15, -0.1) is 0 Å². The van der Waals surface area contributed by atoms with E-state index < -0.39 is 0 Å². The number of esters is 1. The van der Waals surface area contributed by atoms with Crippen molar-refractivity contribution in [3.63, 3.8) is 0 Å². The van der Waals surface area contributed by atoms with Crippen molar-refractivity contribution in [1.82, 2.24) is 0 Å². The van der Waals surface area contributed by atoms with E-state index in [0.717, 1.165) is 12.8 Å². The average molecular weight is 218 g/mol. The van der Waals surface area contributed by atoms with Crippen LogP contribution in [0.2, 0.25) is 0 Å². The average Bonchev–Trinajstić information content (AvgIpc) is 2.17. The largest absolute Gasteiger partial charge is 0.465 e. The van der Waals surface area contributed by atoms with Crippen LogP contribution in [0, 0.1) is 5.92 Å². The second-order valence-electron chi connectivity index (χ2n) is 3.72. The number of carbonyl (C=O) groups is 1. The van der Waals surface area contributed by atoms with Crippen molar-refractivity contribution in [2.45, 2.75) is 51.7 Å². The molecule has 0 aliphatic rings. The van der Waals surface area contributed by atoms with Gasteiger partial charge in [0.1, 0.15) is 0 Å². The monoisotopic (exact) mass is 218 g/mol. The van der Waals surface area contributed by atoms with Crippen LogP contribution in [-0.2, 0) is 9.53 Å². The molecule has 2 nitrogen and oxygen atoms in total. The summed E-state index contributed by atoms with van der Waals surface area (Å²) in [5.74, 6) is 0.314. The maximum Gasteiger partial charge on any atom is 0.318 e. The highest BCUT2D eigenvalue weighted by atomic mass is 32.1. The first kappa shape index (κ1) is 13.8. The topological polar surface area (TPSA) is 26.3 Å². The van der Waals surface area contributed by atoms with Gasteiger partial charge in [-0.05, 0) is 19.3 Å². The molecule has 0 saturated heterocycles. The molecule has 0 N–H and O–H groups in total. The first-order valence-electron chi connectivity index (χ1n) is 5.46. The van der Waals surface area contributed by atoms with E-state index in [4.69, 9.17) is 4.74 Å². The van der Waals surface area contributed by atoms with Gasteiger partial charge < -0.3 is 4.74 Å². The van der Waals surface area contributed by atoms with E-state index in [2.05, 4.69) is 26.5 Å². The van der Waals surface area contributed by atoms with Crippen molar-refractivity contribution in [3.8, 4) is 0 Å². The van der Waals surface area contributed by atoms with Crippen molar-refractivity contribution in [3.05, 3.63) is 0 Å². The summed E-state index contributed by atoms with van der Waals surface area (Å²) in [4.78, 5) is 11.1. The number of thiol groups is 1. The molecule has 0 aromatic rings. The molecule has 2 atom stereocenters. The third-order valence-electron chi connectivity index (χ3n) is 2.35. The lowest BCUT2D eigenvalue weighted by Gasteiger charge is -2.15. The van der Waals surface area contributed by atoms with Crippen molar-refractivity contribution in [1.29, 1.82) is 0 Å². The van der Waals surface area contributed by atoms with Crippen molar-refractivity contribution < 1.29 is 9.53 Å². The van der Waals surface area contributed by atoms with Gasteiger partial charge >= 0.3 is 5.97 Å². The van der Waals surface area contributed by atoms with Gasteiger partial charge in [0.25, 0.3) is 0 Å². The molecule has 14 heavy (non-hydrogen) atoms. The minimum Gasteiger partial charge on any atom is -0.465 e. The first-order chi connectivity index (χ1) is 6.61. The molecule has 0 saturated carbocycles. The number of carbonyl (C=O) groups excluding carboxylic acids is 1. The predicted octanol–water partition coefficient (Wildman–Crippen LogP) is 3.06. The standard InChI is InChI=1S/C11H22O2S/c1-4-6-7-10(5-2)8-13-11(12)9(3)14/h9-10,14H,4-8H2,1-3H3/t9-,10?/m0/s1. The lowest BCUT2D eigenvalue weighted by Crippen LogP contribution is -2.19. The summed E-state index contributed by atoms with van der Waals surface area (Å²) in [6, 6.07) is 0. The van der Waals surface area contributed by atoms with Crippen LogP contribution in [0.3, 0.4) is 0 Å². The maximum atomic E-state index is 11.1. The summed E-state index contributed by atoms with van der Waals surface area (Å²) in [6.45, 7) is 6.60. The van der Waals surface area contributed by atoms with Crippen LogP contribution in [0.1, 0.15) is 46.5 Å². The molecule has 0 radical (unpaired) electrons. The molecule has 0 amide bonds. The Morgan fingerprint density at radius 1 is 1.43 bits per heavy atom. The third-order valence-corrected chi connectivity index (χ3v) is 2.56. The molecule has 0 aromatic carbocycles. The summed E-state index contributed by atoms with van der Waals surface area (Å²) >= 11 is 4.02. The van der Waals surface area contributed by atoms with Gasteiger partial charge in [-0.3, -0.25) is 4.79 Å². The van der Waals surface area contributed by atoms with Gasteiger partial charge in [-0.1, -0.05) is 33.1 Å². The molecule has 0 aromatic heterocycles. The highest BCUT2D eigenvalue weighted by Gasteiger charge is 2.12. The Balaban J connectivity index is 3.66. The first-order valence-corrected chi connectivity index (χ1v) is 5.98. The molecule has 0 heterocycles. The maximum absolute atomic E-state index is 11.1. The summed E-state index contributed by atoms with van der Waals surface area (Å²) in [5, 5.41) is -0.307. The normalized spacial score (nSPS) is 14.9. The van der Waals surface area contributed by atoms with Crippen molar-refractivity contribution in [2.75, 3.05) is 6.61 Å². The number of hydrogen-bond donors (Lipinski definition) is 1. The quantitative estimate of drug-likeness (QED) is 0.525. The van der Waals surface area contributed by atoms with E-state index in [0.29, 0.717) is 12.5 Å². The van der Waals surface area contributed by atoms with Crippen LogP contribution < -0.4 is 0 Å². The predicted molar refractivity (Wildman–Crippen MR) is 62.7 cm³/mol. The van der Waals surface area contributed by atoms with E-state index >= 15 is 0 Å². The summed E-state index contributed by atoms with van der Waals surface area (Å²) in [6.07, 6.45) is 4.65. The van der Waals surface area contributed by atoms with E-state index in [1.54, 1.807) is 6.92 Å². The third kappa shape index (κ3) is 6.30. The Hall–Kier alpha value is -0.180. The van der Waals surface area contributed by atoms with Gasteiger partial charge in [0.2, 0.25) is 0 Å². The summed E-state index contributed by atoms with van der Waals surface area (Å²) in [7, 11) is 0. The van der Waals surface area contributed by atoms with Gasteiger partial charge in [-0.2, -0.15) is 12.6 Å². The zero-order chi connectivity index (χ0) is 11.0. The van der Waals surface area contributed by atoms with Gasteiger partial charge in [0.05, 0.1) is 11.9 Å². The fraction of sp³-hybridized carbons (Fsp3) is 0.909. The number of unbranched alkanes of at least 4 members (excludes halogenated alkanes) is 1. The fourth-order valence-corrected chi connectivity index (χ4v) is 1.29. The molecule has 3 heteroatoms. The molecule has 0 aliphatic carbocycles. The van der Waals surface area contributed by atoms with Crippen LogP contribution in [0.4, 0.5) is 0 Å². The minimum absolute atomic E-state index is 0.205. The van der Waals surface area contributed by atoms with Gasteiger partial charge in [0, 0.05) is 0 Å². The van der Waals surface area contributed by atoms with Gasteiger partial charge in [-0.25, -0.2) is 0 Å². The molecule has 1 unspecified atom stereocenters. The Morgan fingerprint density at radius 3 is 2.50 bits per heavy atom. The van der Waals surface area contributed by atoms with E-state index in [-0.39, 0.29) is 11.2 Å². The molecule has 84 valence electrons. The van der Waals surface area contributed by atoms with Crippen molar-refractivity contribution >= 4 is 18.6 Å². The van der Waals surface area contributed by atoms with Crippen LogP contribution in [0.15, 0.2) is 0 Å². The van der Waals surface area contributed by atoms with Crippen LogP contribution in [0.5, 0.6) is 0 Å². The number of ether oxygens (including phenoxy) is 1. The van der Waals surface area contributed by atoms with E-state index in [1.807, 2.05) is 0 Å². The molecule has 0 bridgehead atoms. The minimum atomic E-state index is -0.307. The summed E-state index contributed by atoms with van der Waals surface area (Å²) in [5.41, 5.74) is 0. The highest BCUT2D eigenvalue weighted by Crippen LogP contribution is 2.13. The Kier molecular flexibility index (Phi) is 8.05. The van der Waals surface area contributed by atoms with E-state index in [1.165, 1.54) is 12.8 Å². The zero-order valence-corrected chi connectivity index (χ0v) is 10.3. The summed E-state index contributed by atoms with van der Waals surface area (Å²) < 4.78 is 5.14. The second kappa shape index (κ2) is 8.16. The molecule has 0 fully saturated rings. The van der Waals surface area contributed by atoms with Crippen LogP contribution in [0.25, 0.3) is 0 Å².